The summed E-state index contributed by atoms with van der Waals surface area (Å²) in [5.41, 5.74) is -7.67. The first-order chi connectivity index (χ1) is 12.1. The van der Waals surface area contributed by atoms with Gasteiger partial charge in [0, 0.05) is 19.5 Å². The molecule has 0 atom stereocenters. The van der Waals surface area contributed by atoms with Gasteiger partial charge in [0.2, 0.25) is 11.7 Å². The number of hydrogen-bond donors (Lipinski definition) is 1. The zero-order chi connectivity index (χ0) is 21.1. The Balaban J connectivity index is 0.00000392. The monoisotopic (exact) mass is 478 g/mol. The van der Waals surface area contributed by atoms with Crippen molar-refractivity contribution in [2.45, 2.75) is 12.4 Å². The zero-order valence-corrected chi connectivity index (χ0v) is 15.6. The fourth-order valence-electron chi connectivity index (χ4n) is 1.89. The number of aromatic nitrogens is 2. The molecule has 28 heavy (non-hydrogen) atoms. The van der Waals surface area contributed by atoms with E-state index >= 15 is 0 Å². The number of Topliss-reactive ketones (excluding diaryl/α,β-unsaturated/α-hetero) is 1. The van der Waals surface area contributed by atoms with Gasteiger partial charge in [0.05, 0.1) is 0 Å². The molecule has 2 aromatic rings. The minimum absolute atomic E-state index is 0. The van der Waals surface area contributed by atoms with Crippen molar-refractivity contribution in [3.63, 3.8) is 0 Å². The fourth-order valence-corrected chi connectivity index (χ4v) is 1.89. The van der Waals surface area contributed by atoms with Gasteiger partial charge in [-0.05, 0) is 0 Å². The van der Waals surface area contributed by atoms with Crippen molar-refractivity contribution in [3.8, 4) is 11.6 Å². The second-order valence-corrected chi connectivity index (χ2v) is 4.70. The minimum Gasteiger partial charge on any atom is -0.493 e. The average molecular weight is 480 g/mol. The average Bonchev–Trinajstić information content (AvgIpc) is 2.87. The van der Waals surface area contributed by atoms with Crippen LogP contribution in [0.1, 0.15) is 16.1 Å². The number of benzene rings is 1. The van der Waals surface area contributed by atoms with Crippen molar-refractivity contribution in [1.82, 2.24) is 9.78 Å². The molecule has 1 N–H and O–H groups in total. The Bertz CT molecular complexity index is 920. The molecule has 1 aromatic carbocycles. The van der Waals surface area contributed by atoms with Crippen LogP contribution >= 0.6 is 0 Å². The Morgan fingerprint density at radius 3 is 1.57 bits per heavy atom. The van der Waals surface area contributed by atoms with Gasteiger partial charge in [0.25, 0.3) is 5.78 Å². The predicted molar refractivity (Wildman–Crippen MR) is 60.4 cm³/mol. The van der Waals surface area contributed by atoms with Crippen molar-refractivity contribution in [1.29, 1.82) is 0 Å². The number of alkyl halides is 6. The van der Waals surface area contributed by atoms with Gasteiger partial charge in [0.1, 0.15) is 11.3 Å². The Labute approximate surface area is 158 Å². The van der Waals surface area contributed by atoms with E-state index in [0.29, 0.717) is 0 Å². The van der Waals surface area contributed by atoms with Crippen molar-refractivity contribution >= 4 is 5.78 Å². The van der Waals surface area contributed by atoms with Crippen LogP contribution in [0, 0.1) is 29.1 Å². The maximum Gasteiger partial charge on any atom is 0.455 e. The third kappa shape index (κ3) is 3.69. The van der Waals surface area contributed by atoms with Crippen molar-refractivity contribution in [2.24, 2.45) is 0 Å². The number of carbonyl (C=O) groups excluding carboxylic acids is 1. The summed E-state index contributed by atoms with van der Waals surface area (Å²) < 4.78 is 141. The largest absolute Gasteiger partial charge is 0.493 e. The van der Waals surface area contributed by atoms with Gasteiger partial charge >= 0.3 is 12.4 Å². The SMILES string of the molecule is O=C(c1c(C(F)(F)F)nn(-c2c(F)c(F)c(F)c(F)c2F)c1O)C(F)(F)F.[Zn]. The Morgan fingerprint density at radius 2 is 1.21 bits per heavy atom. The molecule has 0 aliphatic rings. The molecule has 0 amide bonds. The van der Waals surface area contributed by atoms with Gasteiger partial charge in [-0.3, -0.25) is 4.79 Å². The molecule has 0 aliphatic heterocycles. The molecule has 0 bridgehead atoms. The maximum atomic E-state index is 13.7. The zero-order valence-electron chi connectivity index (χ0n) is 12.6. The molecule has 1 aromatic heterocycles. The fraction of sp³-hybridized carbons (Fsp3) is 0.167. The molecular formula is C12HF11N2O2Zn. The molecule has 0 radical (unpaired) electrons. The third-order valence-electron chi connectivity index (χ3n) is 3.01. The quantitative estimate of drug-likeness (QED) is 0.233. The van der Waals surface area contributed by atoms with Crippen LogP contribution in [-0.2, 0) is 25.7 Å². The molecule has 0 saturated carbocycles. The number of ketones is 1. The van der Waals surface area contributed by atoms with Crippen LogP contribution in [0.4, 0.5) is 48.3 Å². The van der Waals surface area contributed by atoms with E-state index in [1.807, 2.05) is 0 Å². The first-order valence-electron chi connectivity index (χ1n) is 6.13. The predicted octanol–water partition coefficient (Wildman–Crippen LogP) is 4.03. The topological polar surface area (TPSA) is 55.1 Å². The van der Waals surface area contributed by atoms with Gasteiger partial charge in [-0.15, -0.1) is 0 Å². The summed E-state index contributed by atoms with van der Waals surface area (Å²) in [6, 6.07) is 0. The van der Waals surface area contributed by atoms with E-state index in [2.05, 4.69) is 5.10 Å². The number of hydrogen-bond acceptors (Lipinski definition) is 3. The van der Waals surface area contributed by atoms with Crippen LogP contribution in [0.5, 0.6) is 5.88 Å². The van der Waals surface area contributed by atoms with E-state index < -0.39 is 74.7 Å². The molecule has 16 heteroatoms. The smallest absolute Gasteiger partial charge is 0.455 e. The van der Waals surface area contributed by atoms with Gasteiger partial charge in [0.15, 0.2) is 29.0 Å². The second-order valence-electron chi connectivity index (χ2n) is 4.70. The summed E-state index contributed by atoms with van der Waals surface area (Å²) in [6.07, 6.45) is -11.9. The van der Waals surface area contributed by atoms with Gasteiger partial charge in [-0.2, -0.15) is 36.1 Å². The third-order valence-corrected chi connectivity index (χ3v) is 3.01. The van der Waals surface area contributed by atoms with Crippen LogP contribution < -0.4 is 0 Å². The van der Waals surface area contributed by atoms with E-state index in [4.69, 9.17) is 0 Å². The molecule has 150 valence electrons. The summed E-state index contributed by atoms with van der Waals surface area (Å²) in [4.78, 5) is 11.1. The maximum absolute atomic E-state index is 13.7. The van der Waals surface area contributed by atoms with E-state index in [1.165, 1.54) is 0 Å². The molecule has 0 spiro atoms. The molecule has 2 rings (SSSR count). The van der Waals surface area contributed by atoms with Gasteiger partial charge in [-0.1, -0.05) is 0 Å². The molecule has 0 fully saturated rings. The number of rotatable bonds is 2. The number of halogens is 11. The Hall–Kier alpha value is -2.25. The number of carbonyl (C=O) groups is 1. The van der Waals surface area contributed by atoms with E-state index in [-0.39, 0.29) is 19.5 Å². The summed E-state index contributed by atoms with van der Waals surface area (Å²) in [6.45, 7) is 0. The summed E-state index contributed by atoms with van der Waals surface area (Å²) in [5, 5.41) is 11.7. The second kappa shape index (κ2) is 7.30. The number of aromatic hydroxyl groups is 1. The van der Waals surface area contributed by atoms with E-state index in [0.717, 1.165) is 0 Å². The van der Waals surface area contributed by atoms with Gasteiger partial charge < -0.3 is 5.11 Å². The molecule has 1 heterocycles. The Morgan fingerprint density at radius 1 is 0.821 bits per heavy atom. The molecule has 0 saturated heterocycles. The normalized spacial score (nSPS) is 12.1. The standard InChI is InChI=1S/C12HF11N2O2.Zn/c13-2-3(14)5(16)7(6(17)4(2)15)25-10(27)1(9(26)12(21,22)23)8(24-25)11(18,19)20;/h27H;. The van der Waals surface area contributed by atoms with E-state index in [9.17, 15) is 58.2 Å². The minimum atomic E-state index is -6.00. The summed E-state index contributed by atoms with van der Waals surface area (Å²) in [5.74, 6) is -19.5. The van der Waals surface area contributed by atoms with Crippen molar-refractivity contribution in [3.05, 3.63) is 40.3 Å². The molecule has 0 unspecified atom stereocenters. The van der Waals surface area contributed by atoms with Gasteiger partial charge in [-0.25, -0.2) is 22.0 Å². The Kier molecular flexibility index (Phi) is 6.20. The number of nitrogens with zero attached hydrogens (tertiary/aromatic N) is 2. The van der Waals surface area contributed by atoms with Crippen LogP contribution in [0.15, 0.2) is 0 Å². The van der Waals surface area contributed by atoms with E-state index in [1.54, 1.807) is 0 Å². The first kappa shape index (κ1) is 23.8. The first-order valence-corrected chi connectivity index (χ1v) is 6.13. The van der Waals surface area contributed by atoms with Crippen molar-refractivity contribution < 1.29 is 77.7 Å². The van der Waals surface area contributed by atoms with Crippen LogP contribution in [-0.4, -0.2) is 26.8 Å². The molecule has 0 aliphatic carbocycles. The van der Waals surface area contributed by atoms with Crippen LogP contribution in [0.2, 0.25) is 0 Å². The summed E-state index contributed by atoms with van der Waals surface area (Å²) in [7, 11) is 0. The molecule has 4 nitrogen and oxygen atoms in total. The molecular weight excluding hydrogens is 479 g/mol. The van der Waals surface area contributed by atoms with Crippen LogP contribution in [0.3, 0.4) is 0 Å². The summed E-state index contributed by atoms with van der Waals surface area (Å²) >= 11 is 0. The van der Waals surface area contributed by atoms with Crippen molar-refractivity contribution in [2.75, 3.05) is 0 Å². The van der Waals surface area contributed by atoms with Crippen LogP contribution in [0.25, 0.3) is 5.69 Å².